The molecular formula is C17H20ClN3O4S2. The molecule has 1 aromatic carbocycles. The van der Waals surface area contributed by atoms with Crippen molar-refractivity contribution in [3.05, 3.63) is 47.7 Å². The molecule has 1 aromatic heterocycles. The molecule has 0 amide bonds. The van der Waals surface area contributed by atoms with Crippen molar-refractivity contribution < 1.29 is 16.8 Å². The van der Waals surface area contributed by atoms with Gasteiger partial charge in [0, 0.05) is 25.0 Å². The van der Waals surface area contributed by atoms with Gasteiger partial charge in [-0.3, -0.25) is 4.72 Å². The molecule has 1 N–H and O–H groups in total. The van der Waals surface area contributed by atoms with Crippen LogP contribution in [0.5, 0.6) is 0 Å². The molecule has 0 spiro atoms. The Labute approximate surface area is 164 Å². The van der Waals surface area contributed by atoms with Crippen LogP contribution in [0.2, 0.25) is 5.15 Å². The van der Waals surface area contributed by atoms with E-state index in [1.54, 1.807) is 0 Å². The van der Waals surface area contributed by atoms with Gasteiger partial charge in [-0.2, -0.15) is 4.31 Å². The summed E-state index contributed by atoms with van der Waals surface area (Å²) in [5.74, 6) is 0. The number of aromatic nitrogens is 1. The lowest BCUT2D eigenvalue weighted by Gasteiger charge is -2.20. The minimum Gasteiger partial charge on any atom is -0.280 e. The highest BCUT2D eigenvalue weighted by atomic mass is 35.5. The van der Waals surface area contributed by atoms with Crippen LogP contribution in [0, 0.1) is 0 Å². The van der Waals surface area contributed by atoms with E-state index < -0.39 is 20.0 Å². The number of nitrogens with one attached hydrogen (secondary N) is 1. The van der Waals surface area contributed by atoms with Gasteiger partial charge in [-0.1, -0.05) is 24.4 Å². The normalized spacial score (nSPS) is 16.6. The van der Waals surface area contributed by atoms with Crippen LogP contribution >= 0.6 is 11.6 Å². The third kappa shape index (κ3) is 4.60. The highest BCUT2D eigenvalue weighted by Crippen LogP contribution is 2.24. The quantitative estimate of drug-likeness (QED) is 0.736. The van der Waals surface area contributed by atoms with Gasteiger partial charge in [0.15, 0.2) is 0 Å². The fourth-order valence-corrected chi connectivity index (χ4v) is 5.94. The number of hydrogen-bond acceptors (Lipinski definition) is 5. The smallest absolute Gasteiger partial charge is 0.264 e. The minimum atomic E-state index is -3.92. The van der Waals surface area contributed by atoms with Crippen molar-refractivity contribution in [1.82, 2.24) is 9.29 Å². The number of sulfonamides is 2. The second-order valence-corrected chi connectivity index (χ2v) is 10.2. The SMILES string of the molecule is O=S(=O)(Nc1ccc(S(=O)(=O)N2CCCCCC2)cc1)c1cccnc1Cl. The number of rotatable bonds is 5. The maximum atomic E-state index is 12.8. The lowest BCUT2D eigenvalue weighted by atomic mass is 10.2. The van der Waals surface area contributed by atoms with Gasteiger partial charge in [0.1, 0.15) is 10.0 Å². The van der Waals surface area contributed by atoms with Crippen molar-refractivity contribution >= 4 is 37.3 Å². The molecular weight excluding hydrogens is 410 g/mol. The third-order valence-electron chi connectivity index (χ3n) is 4.32. The Balaban J connectivity index is 1.80. The zero-order valence-electron chi connectivity index (χ0n) is 14.5. The van der Waals surface area contributed by atoms with Crippen molar-refractivity contribution in [2.75, 3.05) is 17.8 Å². The molecule has 0 unspecified atom stereocenters. The second-order valence-electron chi connectivity index (χ2n) is 6.24. The third-order valence-corrected chi connectivity index (χ3v) is 8.06. The lowest BCUT2D eigenvalue weighted by molar-refractivity contribution is 0.424. The van der Waals surface area contributed by atoms with Crippen LogP contribution in [0.3, 0.4) is 0 Å². The van der Waals surface area contributed by atoms with Crippen molar-refractivity contribution in [1.29, 1.82) is 0 Å². The fraction of sp³-hybridized carbons (Fsp3) is 0.353. The van der Waals surface area contributed by atoms with E-state index >= 15 is 0 Å². The Hall–Kier alpha value is -1.68. The molecule has 7 nitrogen and oxygen atoms in total. The summed E-state index contributed by atoms with van der Waals surface area (Å²) in [5, 5.41) is -0.134. The van der Waals surface area contributed by atoms with Gasteiger partial charge < -0.3 is 0 Å². The van der Waals surface area contributed by atoms with Crippen LogP contribution in [0.15, 0.2) is 52.4 Å². The van der Waals surface area contributed by atoms with E-state index in [1.165, 1.54) is 46.9 Å². The number of anilines is 1. The molecule has 1 saturated heterocycles. The van der Waals surface area contributed by atoms with Crippen molar-refractivity contribution in [3.8, 4) is 0 Å². The molecule has 10 heteroatoms. The Morgan fingerprint density at radius 1 is 0.926 bits per heavy atom. The molecule has 0 saturated carbocycles. The van der Waals surface area contributed by atoms with E-state index in [9.17, 15) is 16.8 Å². The molecule has 1 aliphatic heterocycles. The van der Waals surface area contributed by atoms with Gasteiger partial charge in [0.05, 0.1) is 4.90 Å². The van der Waals surface area contributed by atoms with Crippen LogP contribution in [-0.2, 0) is 20.0 Å². The van der Waals surface area contributed by atoms with Crippen LogP contribution in [0.4, 0.5) is 5.69 Å². The largest absolute Gasteiger partial charge is 0.280 e. The summed E-state index contributed by atoms with van der Waals surface area (Å²) in [7, 11) is -7.50. The summed E-state index contributed by atoms with van der Waals surface area (Å²) in [6.07, 6.45) is 5.16. The first-order valence-corrected chi connectivity index (χ1v) is 11.8. The maximum absolute atomic E-state index is 12.8. The standard InChI is InChI=1S/C17H20ClN3O4S2/c18-17-16(6-5-11-19-17)26(22,23)20-14-7-9-15(10-8-14)27(24,25)21-12-3-1-2-4-13-21/h5-11,20H,1-4,12-13H2. The Kier molecular flexibility index (Phi) is 6.05. The highest BCUT2D eigenvalue weighted by molar-refractivity contribution is 7.92. The zero-order chi connectivity index (χ0) is 19.5. The van der Waals surface area contributed by atoms with Crippen LogP contribution in [0.25, 0.3) is 0 Å². The molecule has 3 rings (SSSR count). The number of benzene rings is 1. The molecule has 27 heavy (non-hydrogen) atoms. The molecule has 0 bridgehead atoms. The number of hydrogen-bond donors (Lipinski definition) is 1. The first-order chi connectivity index (χ1) is 12.8. The van der Waals surface area contributed by atoms with Crippen molar-refractivity contribution in [3.63, 3.8) is 0 Å². The molecule has 146 valence electrons. The monoisotopic (exact) mass is 429 g/mol. The summed E-state index contributed by atoms with van der Waals surface area (Å²) < 4.78 is 54.3. The average molecular weight is 430 g/mol. The first-order valence-electron chi connectivity index (χ1n) is 8.54. The topological polar surface area (TPSA) is 96.4 Å². The lowest BCUT2D eigenvalue weighted by Crippen LogP contribution is -2.31. The summed E-state index contributed by atoms with van der Waals surface area (Å²) >= 11 is 5.84. The predicted octanol–water partition coefficient (Wildman–Crippen LogP) is 3.10. The van der Waals surface area contributed by atoms with E-state index in [-0.39, 0.29) is 20.6 Å². The van der Waals surface area contributed by atoms with E-state index in [0.29, 0.717) is 13.1 Å². The molecule has 0 aliphatic carbocycles. The van der Waals surface area contributed by atoms with Crippen molar-refractivity contribution in [2.24, 2.45) is 0 Å². The van der Waals surface area contributed by atoms with E-state index in [0.717, 1.165) is 25.7 Å². The first kappa shape index (κ1) is 20.1. The molecule has 2 aromatic rings. The summed E-state index contributed by atoms with van der Waals surface area (Å²) in [4.78, 5) is 3.75. The average Bonchev–Trinajstić information content (AvgIpc) is 2.92. The predicted molar refractivity (Wildman–Crippen MR) is 104 cm³/mol. The van der Waals surface area contributed by atoms with Crippen LogP contribution in [-0.4, -0.2) is 39.2 Å². The number of pyridine rings is 1. The second kappa shape index (κ2) is 8.14. The van der Waals surface area contributed by atoms with E-state index in [2.05, 4.69) is 9.71 Å². The molecule has 2 heterocycles. The summed E-state index contributed by atoms with van der Waals surface area (Å²) in [6.45, 7) is 1.02. The van der Waals surface area contributed by atoms with Gasteiger partial charge in [0.25, 0.3) is 10.0 Å². The van der Waals surface area contributed by atoms with Gasteiger partial charge in [0.2, 0.25) is 10.0 Å². The fourth-order valence-electron chi connectivity index (χ4n) is 2.91. The molecule has 1 aliphatic rings. The molecule has 0 atom stereocenters. The van der Waals surface area contributed by atoms with Crippen LogP contribution < -0.4 is 4.72 Å². The maximum Gasteiger partial charge on any atom is 0.264 e. The van der Waals surface area contributed by atoms with Gasteiger partial charge >= 0.3 is 0 Å². The highest BCUT2D eigenvalue weighted by Gasteiger charge is 2.25. The Morgan fingerprint density at radius 3 is 2.15 bits per heavy atom. The minimum absolute atomic E-state index is 0.134. The Morgan fingerprint density at radius 2 is 1.56 bits per heavy atom. The molecule has 1 fully saturated rings. The molecule has 0 radical (unpaired) electrons. The van der Waals surface area contributed by atoms with Gasteiger partial charge in [-0.25, -0.2) is 21.8 Å². The van der Waals surface area contributed by atoms with Gasteiger partial charge in [-0.05, 0) is 49.2 Å². The number of halogens is 1. The van der Waals surface area contributed by atoms with E-state index in [1.807, 2.05) is 0 Å². The summed E-state index contributed by atoms with van der Waals surface area (Å²) in [5.41, 5.74) is 0.240. The Bertz CT molecular complexity index is 1000. The van der Waals surface area contributed by atoms with Crippen molar-refractivity contribution in [2.45, 2.75) is 35.5 Å². The summed E-state index contributed by atoms with van der Waals surface area (Å²) in [6, 6.07) is 8.47. The number of nitrogens with zero attached hydrogens (tertiary/aromatic N) is 2. The zero-order valence-corrected chi connectivity index (χ0v) is 16.9. The van der Waals surface area contributed by atoms with Gasteiger partial charge in [-0.15, -0.1) is 0 Å². The van der Waals surface area contributed by atoms with Crippen LogP contribution in [0.1, 0.15) is 25.7 Å². The van der Waals surface area contributed by atoms with E-state index in [4.69, 9.17) is 11.6 Å².